The first-order valence-electron chi connectivity index (χ1n) is 9.29. The van der Waals surface area contributed by atoms with E-state index in [1.807, 2.05) is 41.1 Å². The minimum atomic E-state index is 0.00682. The summed E-state index contributed by atoms with van der Waals surface area (Å²) in [6, 6.07) is 12.0. The summed E-state index contributed by atoms with van der Waals surface area (Å²) in [5.41, 5.74) is 5.03. The maximum atomic E-state index is 12.2. The second-order valence-corrected chi connectivity index (χ2v) is 7.69. The minimum absolute atomic E-state index is 0.00682. The van der Waals surface area contributed by atoms with Crippen molar-refractivity contribution in [1.29, 1.82) is 0 Å². The van der Waals surface area contributed by atoms with Crippen molar-refractivity contribution in [3.8, 4) is 5.69 Å². The molecule has 6 heteroatoms. The molecule has 0 saturated carbocycles. The van der Waals surface area contributed by atoms with E-state index in [2.05, 4.69) is 23.7 Å². The van der Waals surface area contributed by atoms with Crippen molar-refractivity contribution >= 4 is 11.6 Å². The van der Waals surface area contributed by atoms with Crippen molar-refractivity contribution in [2.24, 2.45) is 0 Å². The normalized spacial score (nSPS) is 14.5. The Kier molecular flexibility index (Phi) is 4.89. The van der Waals surface area contributed by atoms with E-state index >= 15 is 0 Å². The monoisotopic (exact) mass is 382 g/mol. The number of benzene rings is 1. The molecular formula is C21H23ClN4O. The van der Waals surface area contributed by atoms with Gasteiger partial charge >= 0.3 is 0 Å². The average molecular weight is 383 g/mol. The number of aromatic amines is 1. The van der Waals surface area contributed by atoms with Gasteiger partial charge in [0.05, 0.1) is 11.4 Å². The lowest BCUT2D eigenvalue weighted by molar-refractivity contribution is 0.243. The molecular weight excluding hydrogens is 360 g/mol. The van der Waals surface area contributed by atoms with Gasteiger partial charge in [0.15, 0.2) is 0 Å². The van der Waals surface area contributed by atoms with Gasteiger partial charge < -0.3 is 4.98 Å². The van der Waals surface area contributed by atoms with Gasteiger partial charge in [0.2, 0.25) is 0 Å². The van der Waals surface area contributed by atoms with E-state index in [4.69, 9.17) is 16.7 Å². The molecule has 0 saturated heterocycles. The van der Waals surface area contributed by atoms with E-state index in [9.17, 15) is 4.79 Å². The van der Waals surface area contributed by atoms with E-state index in [-0.39, 0.29) is 11.5 Å². The molecule has 3 aromatic rings. The molecule has 0 spiro atoms. The Bertz CT molecular complexity index is 1010. The van der Waals surface area contributed by atoms with Crippen molar-refractivity contribution in [2.75, 3.05) is 6.54 Å². The zero-order valence-electron chi connectivity index (χ0n) is 15.6. The SMILES string of the molecule is CC(C)c1nn(-c2ccccc2)c(Cl)c1CN1CCc2cc[nH]c(=O)c2C1. The first-order valence-corrected chi connectivity index (χ1v) is 9.67. The number of pyridine rings is 1. The summed E-state index contributed by atoms with van der Waals surface area (Å²) in [4.78, 5) is 17.2. The van der Waals surface area contributed by atoms with Gasteiger partial charge in [-0.3, -0.25) is 9.69 Å². The van der Waals surface area contributed by atoms with Crippen LogP contribution in [0.2, 0.25) is 5.15 Å². The van der Waals surface area contributed by atoms with Crippen LogP contribution in [0.15, 0.2) is 47.4 Å². The summed E-state index contributed by atoms with van der Waals surface area (Å²) in [6.45, 7) is 6.49. The van der Waals surface area contributed by atoms with Gasteiger partial charge in [0.25, 0.3) is 5.56 Å². The molecule has 3 heterocycles. The fraction of sp³-hybridized carbons (Fsp3) is 0.333. The average Bonchev–Trinajstić information content (AvgIpc) is 3.00. The summed E-state index contributed by atoms with van der Waals surface area (Å²) in [5, 5.41) is 5.45. The number of hydrogen-bond donors (Lipinski definition) is 1. The lowest BCUT2D eigenvalue weighted by atomic mass is 10.0. The van der Waals surface area contributed by atoms with Crippen LogP contribution in [-0.2, 0) is 19.5 Å². The minimum Gasteiger partial charge on any atom is -0.329 e. The van der Waals surface area contributed by atoms with Crippen LogP contribution in [0.5, 0.6) is 0 Å². The molecule has 0 atom stereocenters. The quantitative estimate of drug-likeness (QED) is 0.744. The first kappa shape index (κ1) is 18.0. The highest BCUT2D eigenvalue weighted by Crippen LogP contribution is 2.30. The third kappa shape index (κ3) is 3.45. The fourth-order valence-electron chi connectivity index (χ4n) is 3.69. The predicted octanol–water partition coefficient (Wildman–Crippen LogP) is 3.90. The van der Waals surface area contributed by atoms with Crippen molar-refractivity contribution in [3.63, 3.8) is 0 Å². The molecule has 1 aliphatic rings. The van der Waals surface area contributed by atoms with E-state index in [1.54, 1.807) is 6.20 Å². The van der Waals surface area contributed by atoms with Crippen LogP contribution in [0.3, 0.4) is 0 Å². The molecule has 1 aliphatic heterocycles. The van der Waals surface area contributed by atoms with Crippen LogP contribution in [0, 0.1) is 0 Å². The highest BCUT2D eigenvalue weighted by atomic mass is 35.5. The summed E-state index contributed by atoms with van der Waals surface area (Å²) >= 11 is 6.76. The van der Waals surface area contributed by atoms with Gasteiger partial charge in [0, 0.05) is 37.0 Å². The Morgan fingerprint density at radius 3 is 2.74 bits per heavy atom. The van der Waals surface area contributed by atoms with Crippen molar-refractivity contribution in [2.45, 2.75) is 39.3 Å². The molecule has 2 aromatic heterocycles. The lowest BCUT2D eigenvalue weighted by Crippen LogP contribution is -2.34. The van der Waals surface area contributed by atoms with E-state index in [1.165, 1.54) is 0 Å². The molecule has 4 rings (SSSR count). The Balaban J connectivity index is 1.67. The van der Waals surface area contributed by atoms with Crippen LogP contribution in [-0.4, -0.2) is 26.2 Å². The molecule has 27 heavy (non-hydrogen) atoms. The highest BCUT2D eigenvalue weighted by molar-refractivity contribution is 6.30. The molecule has 1 aromatic carbocycles. The number of hydrogen-bond acceptors (Lipinski definition) is 3. The van der Waals surface area contributed by atoms with Crippen molar-refractivity contribution < 1.29 is 0 Å². The molecule has 0 bridgehead atoms. The predicted molar refractivity (Wildman–Crippen MR) is 108 cm³/mol. The molecule has 1 N–H and O–H groups in total. The standard InChI is InChI=1S/C21H23ClN4O/c1-14(2)19-18(20(22)26(24-19)16-6-4-3-5-7-16)13-25-11-9-15-8-10-23-21(27)17(15)12-25/h3-8,10,14H,9,11-13H2,1-2H3,(H,23,27). The highest BCUT2D eigenvalue weighted by Gasteiger charge is 2.24. The Morgan fingerprint density at radius 1 is 1.22 bits per heavy atom. The molecule has 0 amide bonds. The summed E-state index contributed by atoms with van der Waals surface area (Å²) in [7, 11) is 0. The largest absolute Gasteiger partial charge is 0.329 e. The summed E-state index contributed by atoms with van der Waals surface area (Å²) < 4.78 is 1.82. The number of aromatic nitrogens is 3. The number of fused-ring (bicyclic) bond motifs is 1. The second kappa shape index (κ2) is 7.33. The van der Waals surface area contributed by atoms with Crippen LogP contribution in [0.25, 0.3) is 5.69 Å². The Labute approximate surface area is 163 Å². The number of H-pyrrole nitrogens is 1. The fourth-order valence-corrected chi connectivity index (χ4v) is 3.99. The molecule has 0 fully saturated rings. The van der Waals surface area contributed by atoms with Crippen LogP contribution in [0.1, 0.15) is 42.1 Å². The number of para-hydroxylation sites is 1. The van der Waals surface area contributed by atoms with Crippen molar-refractivity contribution in [1.82, 2.24) is 19.7 Å². The number of rotatable bonds is 4. The number of nitrogens with one attached hydrogen (secondary N) is 1. The Morgan fingerprint density at radius 2 is 2.00 bits per heavy atom. The van der Waals surface area contributed by atoms with Gasteiger partial charge in [-0.1, -0.05) is 43.6 Å². The molecule has 140 valence electrons. The van der Waals surface area contributed by atoms with Crippen LogP contribution in [0.4, 0.5) is 0 Å². The molecule has 0 radical (unpaired) electrons. The topological polar surface area (TPSA) is 53.9 Å². The maximum absolute atomic E-state index is 12.2. The third-order valence-corrected chi connectivity index (χ3v) is 5.51. The zero-order chi connectivity index (χ0) is 19.0. The third-order valence-electron chi connectivity index (χ3n) is 5.12. The molecule has 5 nitrogen and oxygen atoms in total. The van der Waals surface area contributed by atoms with Crippen LogP contribution < -0.4 is 5.56 Å². The Hall–Kier alpha value is -2.37. The first-order chi connectivity index (χ1) is 13.0. The van der Waals surface area contributed by atoms with Gasteiger partial charge in [-0.15, -0.1) is 0 Å². The lowest BCUT2D eigenvalue weighted by Gasteiger charge is -2.28. The van der Waals surface area contributed by atoms with E-state index < -0.39 is 0 Å². The molecule has 0 aliphatic carbocycles. The van der Waals surface area contributed by atoms with Crippen molar-refractivity contribution in [3.05, 3.63) is 80.5 Å². The zero-order valence-corrected chi connectivity index (χ0v) is 16.3. The number of nitrogens with zero attached hydrogens (tertiary/aromatic N) is 3. The summed E-state index contributed by atoms with van der Waals surface area (Å²) in [6.07, 6.45) is 2.61. The molecule has 0 unspecified atom stereocenters. The van der Waals surface area contributed by atoms with E-state index in [0.29, 0.717) is 18.2 Å². The van der Waals surface area contributed by atoms with E-state index in [0.717, 1.165) is 41.0 Å². The second-order valence-electron chi connectivity index (χ2n) is 7.33. The maximum Gasteiger partial charge on any atom is 0.252 e. The van der Waals surface area contributed by atoms with Gasteiger partial charge in [-0.2, -0.15) is 5.10 Å². The van der Waals surface area contributed by atoms with Crippen LogP contribution >= 0.6 is 11.6 Å². The number of halogens is 1. The van der Waals surface area contributed by atoms with Gasteiger partial charge in [0.1, 0.15) is 5.15 Å². The van der Waals surface area contributed by atoms with Gasteiger partial charge in [-0.25, -0.2) is 4.68 Å². The smallest absolute Gasteiger partial charge is 0.252 e. The summed E-state index contributed by atoms with van der Waals surface area (Å²) in [5.74, 6) is 0.267. The van der Waals surface area contributed by atoms with Gasteiger partial charge in [-0.05, 0) is 36.1 Å².